The topological polar surface area (TPSA) is 114 Å². The van der Waals surface area contributed by atoms with Crippen LogP contribution >= 0.6 is 0 Å². The first-order valence-corrected chi connectivity index (χ1v) is 9.71. The number of methoxy groups -OCH3 is 1. The van der Waals surface area contributed by atoms with Gasteiger partial charge in [-0.3, -0.25) is 19.7 Å². The number of rotatable bonds is 8. The number of nitro groups is 1. The number of carbonyl (C=O) groups excluding carboxylic acids is 2. The molecule has 2 aromatic carbocycles. The molecule has 9 nitrogen and oxygen atoms in total. The second-order valence-corrected chi connectivity index (χ2v) is 6.94. The standard InChI is InChI=1S/C21H24N4O5/c1-30-12-9-22-21(27)18-14-16(7-8-19(18)24-10-2-3-11-24)23-20(26)15-5-4-6-17(13-15)25(28)29/h4-8,13-14H,2-3,9-12H2,1H3,(H,22,27)(H,23,26). The maximum atomic E-state index is 12.7. The zero-order chi connectivity index (χ0) is 21.5. The first kappa shape index (κ1) is 21.3. The van der Waals surface area contributed by atoms with Crippen LogP contribution in [0, 0.1) is 10.1 Å². The molecule has 1 fully saturated rings. The molecule has 1 aliphatic heterocycles. The minimum atomic E-state index is -0.552. The minimum Gasteiger partial charge on any atom is -0.383 e. The number of anilines is 2. The summed E-state index contributed by atoms with van der Waals surface area (Å²) in [6.45, 7) is 2.52. The van der Waals surface area contributed by atoms with Gasteiger partial charge in [-0.25, -0.2) is 0 Å². The van der Waals surface area contributed by atoms with E-state index in [0.29, 0.717) is 24.4 Å². The van der Waals surface area contributed by atoms with Gasteiger partial charge in [0.2, 0.25) is 0 Å². The van der Waals surface area contributed by atoms with Crippen LogP contribution < -0.4 is 15.5 Å². The number of non-ortho nitro benzene ring substituents is 1. The lowest BCUT2D eigenvalue weighted by Gasteiger charge is -2.22. The Labute approximate surface area is 174 Å². The summed E-state index contributed by atoms with van der Waals surface area (Å²) >= 11 is 0. The van der Waals surface area contributed by atoms with Gasteiger partial charge in [-0.2, -0.15) is 0 Å². The second kappa shape index (κ2) is 9.84. The van der Waals surface area contributed by atoms with E-state index in [9.17, 15) is 19.7 Å². The van der Waals surface area contributed by atoms with E-state index in [0.717, 1.165) is 31.6 Å². The highest BCUT2D eigenvalue weighted by Gasteiger charge is 2.21. The van der Waals surface area contributed by atoms with Crippen LogP contribution in [0.1, 0.15) is 33.6 Å². The molecule has 1 saturated heterocycles. The fourth-order valence-corrected chi connectivity index (χ4v) is 3.36. The zero-order valence-corrected chi connectivity index (χ0v) is 16.7. The van der Waals surface area contributed by atoms with Gasteiger partial charge in [-0.05, 0) is 37.1 Å². The van der Waals surface area contributed by atoms with Crippen LogP contribution in [0.4, 0.5) is 17.1 Å². The lowest BCUT2D eigenvalue weighted by molar-refractivity contribution is -0.384. The van der Waals surface area contributed by atoms with Crippen molar-refractivity contribution >= 4 is 28.9 Å². The van der Waals surface area contributed by atoms with Crippen molar-refractivity contribution in [3.05, 3.63) is 63.7 Å². The molecule has 0 radical (unpaired) electrons. The van der Waals surface area contributed by atoms with Crippen molar-refractivity contribution in [3.8, 4) is 0 Å². The van der Waals surface area contributed by atoms with Gasteiger partial charge in [0.25, 0.3) is 17.5 Å². The largest absolute Gasteiger partial charge is 0.383 e. The second-order valence-electron chi connectivity index (χ2n) is 6.94. The fourth-order valence-electron chi connectivity index (χ4n) is 3.36. The van der Waals surface area contributed by atoms with Gasteiger partial charge in [0.15, 0.2) is 0 Å². The Hall–Kier alpha value is -3.46. The Balaban J connectivity index is 1.83. The van der Waals surface area contributed by atoms with E-state index in [-0.39, 0.29) is 17.2 Å². The van der Waals surface area contributed by atoms with E-state index >= 15 is 0 Å². The maximum Gasteiger partial charge on any atom is 0.270 e. The quantitative estimate of drug-likeness (QED) is 0.392. The van der Waals surface area contributed by atoms with Gasteiger partial charge in [-0.1, -0.05) is 6.07 Å². The molecule has 0 atom stereocenters. The van der Waals surface area contributed by atoms with Crippen molar-refractivity contribution in [3.63, 3.8) is 0 Å². The molecule has 9 heteroatoms. The first-order valence-electron chi connectivity index (χ1n) is 9.71. The highest BCUT2D eigenvalue weighted by atomic mass is 16.6. The molecular weight excluding hydrogens is 388 g/mol. The molecule has 30 heavy (non-hydrogen) atoms. The summed E-state index contributed by atoms with van der Waals surface area (Å²) < 4.78 is 4.98. The molecule has 0 unspecified atom stereocenters. The first-order chi connectivity index (χ1) is 14.5. The van der Waals surface area contributed by atoms with Gasteiger partial charge in [0.05, 0.1) is 17.1 Å². The molecule has 2 N–H and O–H groups in total. The molecule has 1 aliphatic rings. The van der Waals surface area contributed by atoms with E-state index in [1.807, 2.05) is 6.07 Å². The average molecular weight is 412 g/mol. The third-order valence-corrected chi connectivity index (χ3v) is 4.86. The lowest BCUT2D eigenvalue weighted by atomic mass is 10.1. The number of nitrogens with one attached hydrogen (secondary N) is 2. The number of benzene rings is 2. The van der Waals surface area contributed by atoms with E-state index in [4.69, 9.17) is 4.74 Å². The lowest BCUT2D eigenvalue weighted by Crippen LogP contribution is -2.30. The SMILES string of the molecule is COCCNC(=O)c1cc(NC(=O)c2cccc([N+](=O)[O-])c2)ccc1N1CCCC1. The third kappa shape index (κ3) is 5.12. The van der Waals surface area contributed by atoms with Crippen molar-refractivity contribution in [1.29, 1.82) is 0 Å². The summed E-state index contributed by atoms with van der Waals surface area (Å²) in [5.41, 5.74) is 1.72. The smallest absolute Gasteiger partial charge is 0.270 e. The molecule has 0 bridgehead atoms. The van der Waals surface area contributed by atoms with Gasteiger partial charge in [-0.15, -0.1) is 0 Å². The molecule has 2 aromatic rings. The number of carbonyl (C=O) groups is 2. The molecule has 0 aliphatic carbocycles. The van der Waals surface area contributed by atoms with Crippen LogP contribution in [0.3, 0.4) is 0 Å². The Morgan fingerprint density at radius 1 is 1.13 bits per heavy atom. The normalized spacial score (nSPS) is 13.2. The summed E-state index contributed by atoms with van der Waals surface area (Å²) in [7, 11) is 1.56. The number of amides is 2. The van der Waals surface area contributed by atoms with Crippen LogP contribution in [0.5, 0.6) is 0 Å². The number of hydrogen-bond donors (Lipinski definition) is 2. The van der Waals surface area contributed by atoms with E-state index in [1.54, 1.807) is 19.2 Å². The monoisotopic (exact) mass is 412 g/mol. The minimum absolute atomic E-state index is 0.162. The molecule has 0 spiro atoms. The maximum absolute atomic E-state index is 12.7. The van der Waals surface area contributed by atoms with Gasteiger partial charge >= 0.3 is 0 Å². The molecule has 3 rings (SSSR count). The Bertz CT molecular complexity index is 941. The zero-order valence-electron chi connectivity index (χ0n) is 16.7. The van der Waals surface area contributed by atoms with Crippen LogP contribution in [-0.4, -0.2) is 50.1 Å². The van der Waals surface area contributed by atoms with Gasteiger partial charge in [0, 0.05) is 55.8 Å². The summed E-state index contributed by atoms with van der Waals surface area (Å²) in [6.07, 6.45) is 2.13. The highest BCUT2D eigenvalue weighted by molar-refractivity contribution is 6.06. The van der Waals surface area contributed by atoms with E-state index < -0.39 is 10.8 Å². The Morgan fingerprint density at radius 2 is 1.90 bits per heavy atom. The van der Waals surface area contributed by atoms with Crippen molar-refractivity contribution in [1.82, 2.24) is 5.32 Å². The Morgan fingerprint density at radius 3 is 2.60 bits per heavy atom. The molecular formula is C21H24N4O5. The van der Waals surface area contributed by atoms with Crippen LogP contribution in [0.15, 0.2) is 42.5 Å². The highest BCUT2D eigenvalue weighted by Crippen LogP contribution is 2.28. The molecule has 1 heterocycles. The van der Waals surface area contributed by atoms with Gasteiger partial charge in [0.1, 0.15) is 0 Å². The van der Waals surface area contributed by atoms with Crippen molar-refractivity contribution in [2.24, 2.45) is 0 Å². The summed E-state index contributed by atoms with van der Waals surface area (Å²) in [5.74, 6) is -0.737. The van der Waals surface area contributed by atoms with Crippen LogP contribution in [-0.2, 0) is 4.74 Å². The molecule has 0 saturated carbocycles. The van der Waals surface area contributed by atoms with Crippen molar-refractivity contribution in [2.45, 2.75) is 12.8 Å². The Kier molecular flexibility index (Phi) is 6.97. The van der Waals surface area contributed by atoms with E-state index in [1.165, 1.54) is 24.3 Å². The third-order valence-electron chi connectivity index (χ3n) is 4.86. The van der Waals surface area contributed by atoms with Crippen molar-refractivity contribution in [2.75, 3.05) is 43.6 Å². The predicted molar refractivity (Wildman–Crippen MR) is 113 cm³/mol. The summed E-state index contributed by atoms with van der Waals surface area (Å²) in [6, 6.07) is 10.7. The summed E-state index contributed by atoms with van der Waals surface area (Å²) in [4.78, 5) is 37.8. The molecule has 2 amide bonds. The molecule has 0 aromatic heterocycles. The average Bonchev–Trinajstić information content (AvgIpc) is 3.28. The fraction of sp³-hybridized carbons (Fsp3) is 0.333. The van der Waals surface area contributed by atoms with Crippen LogP contribution in [0.2, 0.25) is 0 Å². The number of nitrogens with zero attached hydrogens (tertiary/aromatic N) is 2. The van der Waals surface area contributed by atoms with E-state index in [2.05, 4.69) is 15.5 Å². The number of nitro benzene ring substituents is 1. The number of hydrogen-bond acceptors (Lipinski definition) is 6. The summed E-state index contributed by atoms with van der Waals surface area (Å²) in [5, 5.41) is 16.5. The van der Waals surface area contributed by atoms with Crippen LogP contribution in [0.25, 0.3) is 0 Å². The number of ether oxygens (including phenoxy) is 1. The van der Waals surface area contributed by atoms with Crippen molar-refractivity contribution < 1.29 is 19.2 Å². The predicted octanol–water partition coefficient (Wildman–Crippen LogP) is 2.82. The van der Waals surface area contributed by atoms with Gasteiger partial charge < -0.3 is 20.3 Å². The molecule has 158 valence electrons.